The molecule has 0 aliphatic carbocycles. The zero-order chi connectivity index (χ0) is 17.4. The lowest BCUT2D eigenvalue weighted by Gasteiger charge is -2.31. The summed E-state index contributed by atoms with van der Waals surface area (Å²) < 4.78 is 16.5. The number of anilines is 1. The van der Waals surface area contributed by atoms with Crippen molar-refractivity contribution >= 4 is 11.7 Å². The fourth-order valence-corrected chi connectivity index (χ4v) is 2.48. The summed E-state index contributed by atoms with van der Waals surface area (Å²) in [7, 11) is 0. The summed E-state index contributed by atoms with van der Waals surface area (Å²) in [5.41, 5.74) is 1.80. The minimum absolute atomic E-state index is 0.0808. The van der Waals surface area contributed by atoms with E-state index in [0.29, 0.717) is 39.5 Å². The van der Waals surface area contributed by atoms with E-state index in [1.807, 2.05) is 45.0 Å². The highest BCUT2D eigenvalue weighted by atomic mass is 16.5. The van der Waals surface area contributed by atoms with Gasteiger partial charge in [-0.05, 0) is 38.5 Å². The Morgan fingerprint density at radius 2 is 2.25 bits per heavy atom. The van der Waals surface area contributed by atoms with Gasteiger partial charge in [-0.3, -0.25) is 0 Å². The normalized spacial score (nSPS) is 18.0. The van der Waals surface area contributed by atoms with Gasteiger partial charge in [-0.1, -0.05) is 12.1 Å². The lowest BCUT2D eigenvalue weighted by molar-refractivity contribution is -0.00138. The first-order valence-corrected chi connectivity index (χ1v) is 8.50. The highest BCUT2D eigenvalue weighted by Gasteiger charge is 2.21. The molecule has 1 N–H and O–H groups in total. The van der Waals surface area contributed by atoms with Crippen molar-refractivity contribution < 1.29 is 19.0 Å². The Bertz CT molecular complexity index is 521. The Labute approximate surface area is 144 Å². The molecule has 1 heterocycles. The number of nitrogens with one attached hydrogen (secondary N) is 1. The van der Waals surface area contributed by atoms with Crippen LogP contribution in [0.5, 0.6) is 0 Å². The van der Waals surface area contributed by atoms with Crippen molar-refractivity contribution in [2.75, 3.05) is 38.2 Å². The van der Waals surface area contributed by atoms with Gasteiger partial charge in [0, 0.05) is 18.8 Å². The van der Waals surface area contributed by atoms with E-state index in [9.17, 15) is 4.79 Å². The van der Waals surface area contributed by atoms with E-state index in [1.54, 1.807) is 4.90 Å². The third-order valence-corrected chi connectivity index (χ3v) is 3.65. The van der Waals surface area contributed by atoms with Crippen LogP contribution in [0.15, 0.2) is 24.3 Å². The number of benzene rings is 1. The van der Waals surface area contributed by atoms with E-state index in [0.717, 1.165) is 11.3 Å². The van der Waals surface area contributed by atoms with E-state index >= 15 is 0 Å². The topological polar surface area (TPSA) is 60.0 Å². The van der Waals surface area contributed by atoms with E-state index in [4.69, 9.17) is 14.2 Å². The number of urea groups is 1. The summed E-state index contributed by atoms with van der Waals surface area (Å²) >= 11 is 0. The second-order valence-electron chi connectivity index (χ2n) is 6.23. The third-order valence-electron chi connectivity index (χ3n) is 3.65. The molecule has 2 amide bonds. The maximum Gasteiger partial charge on any atom is 0.322 e. The van der Waals surface area contributed by atoms with Crippen molar-refractivity contribution in [1.29, 1.82) is 0 Å². The molecule has 1 aromatic rings. The van der Waals surface area contributed by atoms with E-state index in [1.165, 1.54) is 0 Å². The van der Waals surface area contributed by atoms with Crippen LogP contribution in [0.4, 0.5) is 10.5 Å². The predicted octanol–water partition coefficient (Wildman–Crippen LogP) is 2.88. The molecule has 1 fully saturated rings. The summed E-state index contributed by atoms with van der Waals surface area (Å²) in [5, 5.41) is 2.94. The number of hydrogen-bond acceptors (Lipinski definition) is 4. The molecule has 1 atom stereocenters. The number of morpholine rings is 1. The van der Waals surface area contributed by atoms with Crippen LogP contribution < -0.4 is 5.32 Å². The van der Waals surface area contributed by atoms with Gasteiger partial charge in [0.05, 0.1) is 38.6 Å². The zero-order valence-corrected chi connectivity index (χ0v) is 14.8. The molecule has 0 unspecified atom stereocenters. The fourth-order valence-electron chi connectivity index (χ4n) is 2.48. The number of carbonyl (C=O) groups is 1. The number of amides is 2. The molecule has 134 valence electrons. The molecule has 24 heavy (non-hydrogen) atoms. The maximum atomic E-state index is 12.3. The van der Waals surface area contributed by atoms with Gasteiger partial charge in [-0.15, -0.1) is 0 Å². The van der Waals surface area contributed by atoms with Crippen LogP contribution in [-0.2, 0) is 20.8 Å². The van der Waals surface area contributed by atoms with Crippen molar-refractivity contribution in [3.05, 3.63) is 29.8 Å². The Morgan fingerprint density at radius 3 is 3.00 bits per heavy atom. The molecule has 0 bridgehead atoms. The molecular formula is C18H28N2O4. The molecule has 2 rings (SSSR count). The number of hydrogen-bond donors (Lipinski definition) is 1. The first-order valence-electron chi connectivity index (χ1n) is 8.50. The molecule has 0 aromatic heterocycles. The van der Waals surface area contributed by atoms with Crippen molar-refractivity contribution in [3.8, 4) is 0 Å². The smallest absolute Gasteiger partial charge is 0.322 e. The maximum absolute atomic E-state index is 12.3. The average Bonchev–Trinajstić information content (AvgIpc) is 2.54. The van der Waals surface area contributed by atoms with Gasteiger partial charge in [0.1, 0.15) is 0 Å². The Kier molecular flexibility index (Phi) is 7.49. The summed E-state index contributed by atoms with van der Waals surface area (Å²) in [6.45, 7) is 9.44. The van der Waals surface area contributed by atoms with Gasteiger partial charge in [-0.2, -0.15) is 0 Å². The molecule has 1 aliphatic heterocycles. The van der Waals surface area contributed by atoms with Crippen LogP contribution >= 0.6 is 0 Å². The molecule has 1 aliphatic rings. The zero-order valence-electron chi connectivity index (χ0n) is 14.8. The molecule has 0 spiro atoms. The lowest BCUT2D eigenvalue weighted by Crippen LogP contribution is -2.46. The van der Waals surface area contributed by atoms with Gasteiger partial charge in [0.2, 0.25) is 0 Å². The van der Waals surface area contributed by atoms with Crippen LogP contribution in [-0.4, -0.2) is 56.0 Å². The Morgan fingerprint density at radius 1 is 1.42 bits per heavy atom. The predicted molar refractivity (Wildman–Crippen MR) is 93.2 cm³/mol. The Hall–Kier alpha value is -1.63. The highest BCUT2D eigenvalue weighted by molar-refractivity contribution is 5.89. The quantitative estimate of drug-likeness (QED) is 0.778. The van der Waals surface area contributed by atoms with Gasteiger partial charge in [-0.25, -0.2) is 4.79 Å². The molecule has 1 aromatic carbocycles. The number of nitrogens with zero attached hydrogens (tertiary/aromatic N) is 1. The summed E-state index contributed by atoms with van der Waals surface area (Å²) in [6.07, 6.45) is 0.298. The fraction of sp³-hybridized carbons (Fsp3) is 0.611. The monoisotopic (exact) mass is 336 g/mol. The number of carbonyl (C=O) groups excluding carboxylic acids is 1. The van der Waals surface area contributed by atoms with E-state index in [-0.39, 0.29) is 18.2 Å². The summed E-state index contributed by atoms with van der Waals surface area (Å²) in [4.78, 5) is 14.1. The van der Waals surface area contributed by atoms with Crippen LogP contribution in [0.1, 0.15) is 26.3 Å². The van der Waals surface area contributed by atoms with E-state index < -0.39 is 0 Å². The van der Waals surface area contributed by atoms with Crippen molar-refractivity contribution in [3.63, 3.8) is 0 Å². The average molecular weight is 336 g/mol. The molecule has 0 saturated carbocycles. The first-order chi connectivity index (χ1) is 11.5. The van der Waals surface area contributed by atoms with Crippen LogP contribution in [0.25, 0.3) is 0 Å². The van der Waals surface area contributed by atoms with E-state index in [2.05, 4.69) is 5.32 Å². The molecule has 6 heteroatoms. The summed E-state index contributed by atoms with van der Waals surface area (Å²) in [5.74, 6) is 0. The van der Waals surface area contributed by atoms with Gasteiger partial charge in [0.15, 0.2) is 0 Å². The van der Waals surface area contributed by atoms with Crippen LogP contribution in [0, 0.1) is 0 Å². The second-order valence-corrected chi connectivity index (χ2v) is 6.23. The van der Waals surface area contributed by atoms with Crippen LogP contribution in [0.2, 0.25) is 0 Å². The molecule has 6 nitrogen and oxygen atoms in total. The standard InChI is InChI=1S/C18H28N2O4/c1-14(2)23-10-9-22-13-16-5-4-6-17(11-16)19-18(21)20-7-8-24-15(3)12-20/h4-6,11,14-15H,7-10,12-13H2,1-3H3,(H,19,21)/t15-/m1/s1. The number of ether oxygens (including phenoxy) is 3. The number of rotatable bonds is 7. The third kappa shape index (κ3) is 6.47. The molecular weight excluding hydrogens is 308 g/mol. The molecule has 1 saturated heterocycles. The largest absolute Gasteiger partial charge is 0.376 e. The summed E-state index contributed by atoms with van der Waals surface area (Å²) in [6, 6.07) is 7.63. The van der Waals surface area contributed by atoms with Gasteiger partial charge < -0.3 is 24.4 Å². The van der Waals surface area contributed by atoms with Crippen molar-refractivity contribution in [2.24, 2.45) is 0 Å². The minimum atomic E-state index is -0.0893. The van der Waals surface area contributed by atoms with Gasteiger partial charge >= 0.3 is 6.03 Å². The van der Waals surface area contributed by atoms with Crippen LogP contribution in [0.3, 0.4) is 0 Å². The highest BCUT2D eigenvalue weighted by Crippen LogP contribution is 2.14. The second kappa shape index (κ2) is 9.61. The van der Waals surface area contributed by atoms with Crippen molar-refractivity contribution in [2.45, 2.75) is 39.6 Å². The Balaban J connectivity index is 1.78. The lowest BCUT2D eigenvalue weighted by atomic mass is 10.2. The first kappa shape index (κ1) is 18.7. The SMILES string of the molecule is CC(C)OCCOCc1cccc(NC(=O)N2CCO[C@H](C)C2)c1. The van der Waals surface area contributed by atoms with Crippen molar-refractivity contribution in [1.82, 2.24) is 4.90 Å². The minimum Gasteiger partial charge on any atom is -0.376 e. The van der Waals surface area contributed by atoms with Gasteiger partial charge in [0.25, 0.3) is 0 Å². The molecule has 0 radical (unpaired) electrons.